The lowest BCUT2D eigenvalue weighted by atomic mass is 10.1. The molecule has 0 aliphatic heterocycles. The van der Waals surface area contributed by atoms with Gasteiger partial charge in [-0.25, -0.2) is 4.79 Å². The number of thioether (sulfide) groups is 1. The van der Waals surface area contributed by atoms with E-state index >= 15 is 0 Å². The van der Waals surface area contributed by atoms with Crippen molar-refractivity contribution >= 4 is 17.7 Å². The number of nitrogens with zero attached hydrogens (tertiary/aromatic N) is 1. The number of hydrogen-bond acceptors (Lipinski definition) is 4. The lowest BCUT2D eigenvalue weighted by molar-refractivity contribution is 0.0694. The van der Waals surface area contributed by atoms with Crippen LogP contribution in [0.15, 0.2) is 53.4 Å². The van der Waals surface area contributed by atoms with Crippen LogP contribution in [0.3, 0.4) is 0 Å². The van der Waals surface area contributed by atoms with Gasteiger partial charge in [0.05, 0.1) is 12.7 Å². The van der Waals surface area contributed by atoms with E-state index < -0.39 is 5.97 Å². The Kier molecular flexibility index (Phi) is 7.24. The fourth-order valence-electron chi connectivity index (χ4n) is 3.67. The normalized spacial score (nSPS) is 10.9. The molecule has 0 saturated heterocycles. The second-order valence-corrected chi connectivity index (χ2v) is 8.10. The van der Waals surface area contributed by atoms with Gasteiger partial charge in [-0.1, -0.05) is 24.3 Å². The molecule has 0 spiro atoms. The molecule has 158 valence electrons. The highest BCUT2D eigenvalue weighted by Crippen LogP contribution is 2.25. The summed E-state index contributed by atoms with van der Waals surface area (Å²) in [5, 5.41) is 13.2. The van der Waals surface area contributed by atoms with E-state index in [0.29, 0.717) is 25.2 Å². The molecule has 3 rings (SSSR count). The van der Waals surface area contributed by atoms with Crippen LogP contribution in [0.4, 0.5) is 0 Å². The summed E-state index contributed by atoms with van der Waals surface area (Å²) < 4.78 is 7.30. The summed E-state index contributed by atoms with van der Waals surface area (Å²) in [5.41, 5.74) is 5.27. The second kappa shape index (κ2) is 9.87. The third-order valence-electron chi connectivity index (χ3n) is 5.41. The molecule has 0 unspecified atom stereocenters. The van der Waals surface area contributed by atoms with Crippen LogP contribution in [-0.4, -0.2) is 29.0 Å². The lowest BCUT2D eigenvalue weighted by Gasteiger charge is -2.11. The number of aromatic carboxylic acids is 1. The fraction of sp³-hybridized carbons (Fsp3) is 0.292. The van der Waals surface area contributed by atoms with Gasteiger partial charge in [0.1, 0.15) is 5.75 Å². The smallest absolute Gasteiger partial charge is 0.337 e. The molecule has 1 heterocycles. The zero-order valence-corrected chi connectivity index (χ0v) is 18.7. The molecule has 0 amide bonds. The summed E-state index contributed by atoms with van der Waals surface area (Å²) >= 11 is 1.72. The van der Waals surface area contributed by atoms with Gasteiger partial charge in [0, 0.05) is 41.5 Å². The molecule has 2 aromatic carbocycles. The molecule has 0 radical (unpaired) electrons. The molecule has 6 heteroatoms. The molecule has 0 saturated carbocycles. The summed E-state index contributed by atoms with van der Waals surface area (Å²) in [5.74, 6) is -0.0772. The van der Waals surface area contributed by atoms with Crippen LogP contribution >= 0.6 is 11.8 Å². The summed E-state index contributed by atoms with van der Waals surface area (Å²) in [6, 6.07) is 16.3. The zero-order valence-electron chi connectivity index (χ0n) is 17.9. The monoisotopic (exact) mass is 424 g/mol. The Balaban J connectivity index is 1.78. The number of carboxylic acid groups (broad SMARTS) is 1. The van der Waals surface area contributed by atoms with E-state index in [-0.39, 0.29) is 0 Å². The molecule has 0 aliphatic carbocycles. The molecular formula is C24H28N2O3S. The Bertz CT molecular complexity index is 1010. The number of benzene rings is 2. The van der Waals surface area contributed by atoms with Gasteiger partial charge in [0.15, 0.2) is 0 Å². The van der Waals surface area contributed by atoms with E-state index in [1.807, 2.05) is 38.1 Å². The van der Waals surface area contributed by atoms with Gasteiger partial charge in [0.25, 0.3) is 0 Å². The van der Waals surface area contributed by atoms with Gasteiger partial charge in [0.2, 0.25) is 0 Å². The number of carboxylic acids is 1. The first-order valence-electron chi connectivity index (χ1n) is 9.83. The molecule has 2 N–H and O–H groups in total. The molecular weight excluding hydrogens is 396 g/mol. The van der Waals surface area contributed by atoms with Gasteiger partial charge in [-0.2, -0.15) is 0 Å². The molecule has 0 bridgehead atoms. The first-order valence-corrected chi connectivity index (χ1v) is 11.1. The van der Waals surface area contributed by atoms with E-state index in [2.05, 4.69) is 40.4 Å². The molecule has 0 aliphatic rings. The zero-order chi connectivity index (χ0) is 21.7. The Morgan fingerprint density at radius 1 is 1.00 bits per heavy atom. The summed E-state index contributed by atoms with van der Waals surface area (Å²) in [6.45, 7) is 5.69. The van der Waals surface area contributed by atoms with Crippen molar-refractivity contribution in [1.29, 1.82) is 0 Å². The predicted octanol–water partition coefficient (Wildman–Crippen LogP) is 4.87. The topological polar surface area (TPSA) is 63.5 Å². The molecule has 30 heavy (non-hydrogen) atoms. The average molecular weight is 425 g/mol. The number of ether oxygens (including phenoxy) is 1. The minimum Gasteiger partial charge on any atom is -0.497 e. The summed E-state index contributed by atoms with van der Waals surface area (Å²) in [4.78, 5) is 13.2. The first kappa shape index (κ1) is 22.0. The van der Waals surface area contributed by atoms with E-state index in [9.17, 15) is 9.90 Å². The van der Waals surface area contributed by atoms with Gasteiger partial charge in [-0.3, -0.25) is 0 Å². The molecule has 0 atom stereocenters. The van der Waals surface area contributed by atoms with Crippen LogP contribution in [0, 0.1) is 13.8 Å². The van der Waals surface area contributed by atoms with Crippen LogP contribution in [0.1, 0.15) is 38.4 Å². The van der Waals surface area contributed by atoms with Crippen molar-refractivity contribution < 1.29 is 14.6 Å². The van der Waals surface area contributed by atoms with Gasteiger partial charge < -0.3 is 19.7 Å². The highest BCUT2D eigenvalue weighted by molar-refractivity contribution is 7.98. The third kappa shape index (κ3) is 4.89. The minimum atomic E-state index is -0.884. The highest BCUT2D eigenvalue weighted by Gasteiger charge is 2.22. The van der Waals surface area contributed by atoms with Gasteiger partial charge in [-0.15, -0.1) is 11.8 Å². The van der Waals surface area contributed by atoms with E-state index in [0.717, 1.165) is 28.3 Å². The van der Waals surface area contributed by atoms with Crippen LogP contribution in [0.5, 0.6) is 5.75 Å². The average Bonchev–Trinajstić information content (AvgIpc) is 2.99. The van der Waals surface area contributed by atoms with E-state index in [1.54, 1.807) is 18.9 Å². The number of carbonyl (C=O) groups is 1. The van der Waals surface area contributed by atoms with Crippen molar-refractivity contribution in [3.05, 3.63) is 82.2 Å². The van der Waals surface area contributed by atoms with Gasteiger partial charge in [-0.05, 0) is 55.5 Å². The Labute approximate surface area is 182 Å². The number of nitrogens with one attached hydrogen (secondary N) is 1. The Morgan fingerprint density at radius 2 is 1.63 bits per heavy atom. The Hall–Kier alpha value is -2.70. The predicted molar refractivity (Wildman–Crippen MR) is 122 cm³/mol. The maximum absolute atomic E-state index is 12.0. The van der Waals surface area contributed by atoms with Crippen molar-refractivity contribution in [2.75, 3.05) is 13.4 Å². The van der Waals surface area contributed by atoms with Crippen molar-refractivity contribution in [3.63, 3.8) is 0 Å². The van der Waals surface area contributed by atoms with E-state index in [4.69, 9.17) is 4.74 Å². The summed E-state index contributed by atoms with van der Waals surface area (Å²) in [6.07, 6.45) is 2.06. The highest BCUT2D eigenvalue weighted by atomic mass is 32.2. The first-order chi connectivity index (χ1) is 14.4. The maximum Gasteiger partial charge on any atom is 0.337 e. The Morgan fingerprint density at radius 3 is 2.20 bits per heavy atom. The SMILES string of the molecule is COc1ccc(Cn2c(C)c(CNCc3ccc(SC)cc3)c(C(=O)O)c2C)cc1. The maximum atomic E-state index is 12.0. The number of hydrogen-bond donors (Lipinski definition) is 2. The van der Waals surface area contributed by atoms with E-state index in [1.165, 1.54) is 10.5 Å². The third-order valence-corrected chi connectivity index (χ3v) is 6.16. The molecule has 5 nitrogen and oxygen atoms in total. The van der Waals surface area contributed by atoms with Crippen molar-refractivity contribution in [2.45, 2.75) is 38.4 Å². The van der Waals surface area contributed by atoms with Crippen LogP contribution < -0.4 is 10.1 Å². The van der Waals surface area contributed by atoms with Crippen molar-refractivity contribution in [1.82, 2.24) is 9.88 Å². The number of aromatic nitrogens is 1. The second-order valence-electron chi connectivity index (χ2n) is 7.22. The van der Waals surface area contributed by atoms with Crippen LogP contribution in [0.25, 0.3) is 0 Å². The van der Waals surface area contributed by atoms with Crippen LogP contribution in [0.2, 0.25) is 0 Å². The summed E-state index contributed by atoms with van der Waals surface area (Å²) in [7, 11) is 1.64. The minimum absolute atomic E-state index is 0.395. The molecule has 1 aromatic heterocycles. The van der Waals surface area contributed by atoms with Crippen molar-refractivity contribution in [3.8, 4) is 5.75 Å². The molecule has 3 aromatic rings. The quantitative estimate of drug-likeness (QED) is 0.480. The standard InChI is InChI=1S/C24H28N2O3S/c1-16-22(14-25-13-18-7-11-21(30-4)12-8-18)23(24(27)28)17(2)26(16)15-19-5-9-20(29-3)10-6-19/h5-12,25H,13-15H2,1-4H3,(H,27,28). The number of methoxy groups -OCH3 is 1. The largest absolute Gasteiger partial charge is 0.497 e. The van der Waals surface area contributed by atoms with Crippen molar-refractivity contribution in [2.24, 2.45) is 0 Å². The number of rotatable bonds is 9. The van der Waals surface area contributed by atoms with Crippen LogP contribution in [-0.2, 0) is 19.6 Å². The lowest BCUT2D eigenvalue weighted by Crippen LogP contribution is -2.15. The molecule has 0 fully saturated rings. The fourth-order valence-corrected chi connectivity index (χ4v) is 4.08. The van der Waals surface area contributed by atoms with Gasteiger partial charge >= 0.3 is 5.97 Å².